The van der Waals surface area contributed by atoms with Gasteiger partial charge in [0.05, 0.1) is 0 Å². The van der Waals surface area contributed by atoms with Crippen LogP contribution in [0, 0.1) is 20.8 Å². The van der Waals surface area contributed by atoms with E-state index in [2.05, 4.69) is 45.1 Å². The molecular formula is C16H26N2O. The van der Waals surface area contributed by atoms with E-state index < -0.39 is 0 Å². The van der Waals surface area contributed by atoms with Crippen LogP contribution in [0.5, 0.6) is 0 Å². The van der Waals surface area contributed by atoms with Crippen LogP contribution in [-0.4, -0.2) is 31.4 Å². The number of carbonyl (C=O) groups is 1. The summed E-state index contributed by atoms with van der Waals surface area (Å²) in [5.74, 6) is 0.164. The highest BCUT2D eigenvalue weighted by molar-refractivity contribution is 5.75. The number of carbonyl (C=O) groups excluding carboxylic acids is 1. The second-order valence-electron chi connectivity index (χ2n) is 5.53. The van der Waals surface area contributed by atoms with E-state index >= 15 is 0 Å². The maximum atomic E-state index is 11.5. The van der Waals surface area contributed by atoms with Crippen molar-refractivity contribution in [3.05, 3.63) is 34.4 Å². The summed E-state index contributed by atoms with van der Waals surface area (Å²) in [5.41, 5.74) is 5.28. The molecule has 3 nitrogen and oxygen atoms in total. The van der Waals surface area contributed by atoms with E-state index in [1.165, 1.54) is 22.3 Å². The van der Waals surface area contributed by atoms with Crippen molar-refractivity contribution in [3.8, 4) is 0 Å². The summed E-state index contributed by atoms with van der Waals surface area (Å²) in [6.45, 7) is 9.30. The molecule has 0 heterocycles. The SMILES string of the molecule is Cc1cc(C)c(C(C)NCCC(=O)N(C)C)c(C)c1. The average Bonchev–Trinajstić information content (AvgIpc) is 2.26. The molecule has 1 aromatic rings. The van der Waals surface area contributed by atoms with Crippen molar-refractivity contribution in [1.29, 1.82) is 0 Å². The summed E-state index contributed by atoms with van der Waals surface area (Å²) in [7, 11) is 3.58. The van der Waals surface area contributed by atoms with Gasteiger partial charge in [0.15, 0.2) is 0 Å². The predicted molar refractivity (Wildman–Crippen MR) is 80.4 cm³/mol. The minimum Gasteiger partial charge on any atom is -0.349 e. The number of hydrogen-bond donors (Lipinski definition) is 1. The lowest BCUT2D eigenvalue weighted by atomic mass is 9.95. The van der Waals surface area contributed by atoms with Crippen LogP contribution in [0.4, 0.5) is 0 Å². The second-order valence-corrected chi connectivity index (χ2v) is 5.53. The third-order valence-electron chi connectivity index (χ3n) is 3.46. The van der Waals surface area contributed by atoms with Crippen LogP contribution in [0.15, 0.2) is 12.1 Å². The molecule has 0 saturated carbocycles. The van der Waals surface area contributed by atoms with Crippen LogP contribution in [0.2, 0.25) is 0 Å². The quantitative estimate of drug-likeness (QED) is 0.885. The van der Waals surface area contributed by atoms with Gasteiger partial charge >= 0.3 is 0 Å². The van der Waals surface area contributed by atoms with Crippen molar-refractivity contribution in [3.63, 3.8) is 0 Å². The molecule has 0 spiro atoms. The van der Waals surface area contributed by atoms with Gasteiger partial charge < -0.3 is 10.2 Å². The molecule has 0 radical (unpaired) electrons. The largest absolute Gasteiger partial charge is 0.349 e. The Balaban J connectivity index is 2.64. The fraction of sp³-hybridized carbons (Fsp3) is 0.562. The fourth-order valence-electron chi connectivity index (χ4n) is 2.60. The van der Waals surface area contributed by atoms with Gasteiger partial charge in [0, 0.05) is 33.1 Å². The van der Waals surface area contributed by atoms with Gasteiger partial charge in [0.1, 0.15) is 0 Å². The molecule has 1 amide bonds. The van der Waals surface area contributed by atoms with E-state index in [9.17, 15) is 4.79 Å². The summed E-state index contributed by atoms with van der Waals surface area (Å²) in [5, 5.41) is 3.44. The molecule has 0 aliphatic heterocycles. The zero-order valence-electron chi connectivity index (χ0n) is 13.0. The van der Waals surface area contributed by atoms with Crippen LogP contribution >= 0.6 is 0 Å². The molecule has 1 atom stereocenters. The van der Waals surface area contributed by atoms with Gasteiger partial charge in [-0.25, -0.2) is 0 Å². The highest BCUT2D eigenvalue weighted by atomic mass is 16.2. The number of hydrogen-bond acceptors (Lipinski definition) is 2. The molecule has 0 saturated heterocycles. The van der Waals surface area contributed by atoms with Crippen molar-refractivity contribution in [2.75, 3.05) is 20.6 Å². The molecule has 3 heteroatoms. The Bertz CT molecular complexity index is 429. The smallest absolute Gasteiger partial charge is 0.223 e. The predicted octanol–water partition coefficient (Wildman–Crippen LogP) is 2.74. The molecule has 1 unspecified atom stereocenters. The maximum Gasteiger partial charge on any atom is 0.223 e. The first-order valence-electron chi connectivity index (χ1n) is 6.84. The monoisotopic (exact) mass is 262 g/mol. The summed E-state index contributed by atoms with van der Waals surface area (Å²) in [6.07, 6.45) is 0.543. The highest BCUT2D eigenvalue weighted by Crippen LogP contribution is 2.23. The maximum absolute atomic E-state index is 11.5. The lowest BCUT2D eigenvalue weighted by Crippen LogP contribution is -2.28. The summed E-state index contributed by atoms with van der Waals surface area (Å²) in [6, 6.07) is 4.70. The Labute approximate surface area is 117 Å². The van der Waals surface area contributed by atoms with Crippen LogP contribution in [0.3, 0.4) is 0 Å². The minimum absolute atomic E-state index is 0.164. The molecule has 0 aliphatic rings. The van der Waals surface area contributed by atoms with Gasteiger partial charge in [-0.1, -0.05) is 17.7 Å². The van der Waals surface area contributed by atoms with Crippen molar-refractivity contribution in [2.24, 2.45) is 0 Å². The lowest BCUT2D eigenvalue weighted by molar-refractivity contribution is -0.128. The van der Waals surface area contributed by atoms with Crippen molar-refractivity contribution in [1.82, 2.24) is 10.2 Å². The molecule has 19 heavy (non-hydrogen) atoms. The zero-order chi connectivity index (χ0) is 14.6. The highest BCUT2D eigenvalue weighted by Gasteiger charge is 2.12. The molecule has 0 bridgehead atoms. The zero-order valence-corrected chi connectivity index (χ0v) is 13.0. The normalized spacial score (nSPS) is 12.3. The van der Waals surface area contributed by atoms with E-state index in [1.807, 2.05) is 0 Å². The second kappa shape index (κ2) is 6.71. The lowest BCUT2D eigenvalue weighted by Gasteiger charge is -2.20. The van der Waals surface area contributed by atoms with Crippen LogP contribution < -0.4 is 5.32 Å². The molecular weight excluding hydrogens is 236 g/mol. The Morgan fingerprint density at radius 2 is 1.74 bits per heavy atom. The summed E-state index contributed by atoms with van der Waals surface area (Å²) >= 11 is 0. The number of nitrogens with zero attached hydrogens (tertiary/aromatic N) is 1. The topological polar surface area (TPSA) is 32.3 Å². The molecule has 106 valence electrons. The molecule has 0 fully saturated rings. The van der Waals surface area contributed by atoms with Crippen LogP contribution in [0.25, 0.3) is 0 Å². The summed E-state index contributed by atoms with van der Waals surface area (Å²) in [4.78, 5) is 13.2. The van der Waals surface area contributed by atoms with Crippen LogP contribution in [-0.2, 0) is 4.79 Å². The van der Waals surface area contributed by atoms with Gasteiger partial charge in [-0.3, -0.25) is 4.79 Å². The first-order valence-corrected chi connectivity index (χ1v) is 6.84. The molecule has 0 aliphatic carbocycles. The molecule has 1 aromatic carbocycles. The Hall–Kier alpha value is -1.35. The van der Waals surface area contributed by atoms with Crippen molar-refractivity contribution in [2.45, 2.75) is 40.2 Å². The molecule has 1 rings (SSSR count). The van der Waals surface area contributed by atoms with Crippen molar-refractivity contribution < 1.29 is 4.79 Å². The van der Waals surface area contributed by atoms with Crippen molar-refractivity contribution >= 4 is 5.91 Å². The standard InChI is InChI=1S/C16H26N2O/c1-11-9-12(2)16(13(3)10-11)14(4)17-8-7-15(19)18(5)6/h9-10,14,17H,7-8H2,1-6H3. The fourth-order valence-corrected chi connectivity index (χ4v) is 2.60. The Morgan fingerprint density at radius 1 is 1.21 bits per heavy atom. The van der Waals surface area contributed by atoms with Gasteiger partial charge in [-0.2, -0.15) is 0 Å². The number of benzene rings is 1. The Kier molecular flexibility index (Phi) is 5.55. The summed E-state index contributed by atoms with van der Waals surface area (Å²) < 4.78 is 0. The third-order valence-corrected chi connectivity index (χ3v) is 3.46. The first-order chi connectivity index (χ1) is 8.82. The van der Waals surface area contributed by atoms with Crippen LogP contribution in [0.1, 0.15) is 41.6 Å². The van der Waals surface area contributed by atoms with Gasteiger partial charge in [-0.15, -0.1) is 0 Å². The van der Waals surface area contributed by atoms with E-state index in [-0.39, 0.29) is 11.9 Å². The third kappa shape index (κ3) is 4.35. The van der Waals surface area contributed by atoms with Gasteiger partial charge in [-0.05, 0) is 44.4 Å². The van der Waals surface area contributed by atoms with E-state index in [4.69, 9.17) is 0 Å². The van der Waals surface area contributed by atoms with E-state index in [0.29, 0.717) is 13.0 Å². The van der Waals surface area contributed by atoms with E-state index in [0.717, 1.165) is 0 Å². The molecule has 0 aromatic heterocycles. The van der Waals surface area contributed by atoms with E-state index in [1.54, 1.807) is 19.0 Å². The number of aryl methyl sites for hydroxylation is 3. The number of nitrogens with one attached hydrogen (secondary N) is 1. The van der Waals surface area contributed by atoms with Gasteiger partial charge in [0.25, 0.3) is 0 Å². The minimum atomic E-state index is 0.164. The van der Waals surface area contributed by atoms with Gasteiger partial charge in [0.2, 0.25) is 5.91 Å². The molecule has 1 N–H and O–H groups in total. The average molecular weight is 262 g/mol. The Morgan fingerprint density at radius 3 is 2.21 bits per heavy atom. The first kappa shape index (κ1) is 15.7. The number of rotatable bonds is 5. The number of amides is 1.